The van der Waals surface area contributed by atoms with Gasteiger partial charge in [-0.05, 0) is 31.4 Å². The maximum absolute atomic E-state index is 10.5. The highest BCUT2D eigenvalue weighted by atomic mass is 16.5. The molecule has 1 aromatic rings. The van der Waals surface area contributed by atoms with Gasteiger partial charge in [0.05, 0.1) is 11.7 Å². The Morgan fingerprint density at radius 3 is 2.94 bits per heavy atom. The summed E-state index contributed by atoms with van der Waals surface area (Å²) in [6.45, 7) is 4.77. The van der Waals surface area contributed by atoms with Crippen molar-refractivity contribution < 1.29 is 9.84 Å². The highest BCUT2D eigenvalue weighted by molar-refractivity contribution is 5.15. The summed E-state index contributed by atoms with van der Waals surface area (Å²) in [5.41, 5.74) is 1.57. The van der Waals surface area contributed by atoms with Crippen LogP contribution in [0.15, 0.2) is 18.3 Å². The first-order valence-corrected chi connectivity index (χ1v) is 6.39. The molecule has 1 saturated heterocycles. The molecule has 17 heavy (non-hydrogen) atoms. The number of nitrogens with zero attached hydrogens (tertiary/aromatic N) is 1. The summed E-state index contributed by atoms with van der Waals surface area (Å²) in [7, 11) is 0. The zero-order chi connectivity index (χ0) is 12.3. The molecular weight excluding hydrogens is 214 g/mol. The van der Waals surface area contributed by atoms with E-state index in [0.29, 0.717) is 25.9 Å². The van der Waals surface area contributed by atoms with Crippen LogP contribution in [-0.4, -0.2) is 28.4 Å². The van der Waals surface area contributed by atoms with E-state index >= 15 is 0 Å². The van der Waals surface area contributed by atoms with E-state index in [4.69, 9.17) is 4.74 Å². The Hall–Kier alpha value is -0.930. The number of hydrogen-bond donors (Lipinski definition) is 1. The Bertz CT molecular complexity index is 363. The summed E-state index contributed by atoms with van der Waals surface area (Å²) in [6.07, 6.45) is 5.08. The van der Waals surface area contributed by atoms with Crippen LogP contribution in [0.3, 0.4) is 0 Å². The van der Waals surface area contributed by atoms with E-state index in [1.54, 1.807) is 0 Å². The van der Waals surface area contributed by atoms with Crippen LogP contribution in [-0.2, 0) is 17.6 Å². The van der Waals surface area contributed by atoms with E-state index in [0.717, 1.165) is 12.1 Å². The lowest BCUT2D eigenvalue weighted by Crippen LogP contribution is -2.41. The number of aliphatic hydroxyl groups is 1. The Morgan fingerprint density at radius 1 is 1.53 bits per heavy atom. The van der Waals surface area contributed by atoms with Gasteiger partial charge in [0.2, 0.25) is 0 Å². The monoisotopic (exact) mass is 235 g/mol. The molecule has 1 N–H and O–H groups in total. The molecule has 1 aliphatic heterocycles. The zero-order valence-corrected chi connectivity index (χ0v) is 10.6. The summed E-state index contributed by atoms with van der Waals surface area (Å²) in [6, 6.07) is 4.12. The van der Waals surface area contributed by atoms with Gasteiger partial charge in [0.25, 0.3) is 0 Å². The SMILES string of the molecule is CCc1ccc(CC2(O)CCOC(C)C2)nc1. The third kappa shape index (κ3) is 3.27. The average Bonchev–Trinajstić information content (AvgIpc) is 2.29. The van der Waals surface area contributed by atoms with Gasteiger partial charge >= 0.3 is 0 Å². The second-order valence-corrected chi connectivity index (χ2v) is 5.05. The van der Waals surface area contributed by atoms with Crippen LogP contribution in [0.25, 0.3) is 0 Å². The maximum Gasteiger partial charge on any atom is 0.0749 e. The van der Waals surface area contributed by atoms with Gasteiger partial charge in [0.1, 0.15) is 0 Å². The second kappa shape index (κ2) is 5.15. The lowest BCUT2D eigenvalue weighted by atomic mass is 9.86. The largest absolute Gasteiger partial charge is 0.389 e. The molecule has 0 spiro atoms. The number of pyridine rings is 1. The first-order chi connectivity index (χ1) is 8.11. The van der Waals surface area contributed by atoms with Crippen molar-refractivity contribution in [2.75, 3.05) is 6.61 Å². The van der Waals surface area contributed by atoms with Crippen LogP contribution in [0.2, 0.25) is 0 Å². The highest BCUT2D eigenvalue weighted by Gasteiger charge is 2.33. The molecule has 0 radical (unpaired) electrons. The van der Waals surface area contributed by atoms with Crippen molar-refractivity contribution >= 4 is 0 Å². The Morgan fingerprint density at radius 2 is 2.35 bits per heavy atom. The van der Waals surface area contributed by atoms with Crippen LogP contribution < -0.4 is 0 Å². The third-order valence-electron chi connectivity index (χ3n) is 3.44. The summed E-state index contributed by atoms with van der Waals surface area (Å²) in [5.74, 6) is 0. The fourth-order valence-electron chi connectivity index (χ4n) is 2.41. The van der Waals surface area contributed by atoms with Crippen LogP contribution in [0.1, 0.15) is 37.9 Å². The van der Waals surface area contributed by atoms with E-state index in [9.17, 15) is 5.11 Å². The van der Waals surface area contributed by atoms with E-state index in [2.05, 4.69) is 18.0 Å². The topological polar surface area (TPSA) is 42.4 Å². The second-order valence-electron chi connectivity index (χ2n) is 5.05. The minimum absolute atomic E-state index is 0.142. The minimum Gasteiger partial charge on any atom is -0.389 e. The molecule has 0 amide bonds. The molecule has 94 valence electrons. The smallest absolute Gasteiger partial charge is 0.0749 e. The molecule has 1 fully saturated rings. The number of aryl methyl sites for hydroxylation is 1. The predicted molar refractivity (Wildman–Crippen MR) is 66.9 cm³/mol. The molecular formula is C14H21NO2. The van der Waals surface area contributed by atoms with Gasteiger partial charge in [0, 0.05) is 31.3 Å². The number of aromatic nitrogens is 1. The molecule has 2 atom stereocenters. The van der Waals surface area contributed by atoms with E-state index in [1.165, 1.54) is 5.56 Å². The molecule has 2 heterocycles. The summed E-state index contributed by atoms with van der Waals surface area (Å²) >= 11 is 0. The Kier molecular flexibility index (Phi) is 3.79. The maximum atomic E-state index is 10.5. The molecule has 0 aromatic carbocycles. The molecule has 3 nitrogen and oxygen atoms in total. The van der Waals surface area contributed by atoms with Gasteiger partial charge in [-0.2, -0.15) is 0 Å². The van der Waals surface area contributed by atoms with Gasteiger partial charge in [-0.1, -0.05) is 13.0 Å². The summed E-state index contributed by atoms with van der Waals surface area (Å²) in [4.78, 5) is 4.41. The lowest BCUT2D eigenvalue weighted by molar-refractivity contribution is -0.0965. The van der Waals surface area contributed by atoms with Crippen molar-refractivity contribution in [3.63, 3.8) is 0 Å². The third-order valence-corrected chi connectivity index (χ3v) is 3.44. The minimum atomic E-state index is -0.640. The van der Waals surface area contributed by atoms with Crippen molar-refractivity contribution in [3.8, 4) is 0 Å². The van der Waals surface area contributed by atoms with Gasteiger partial charge < -0.3 is 9.84 Å². The summed E-state index contributed by atoms with van der Waals surface area (Å²) in [5, 5.41) is 10.5. The Balaban J connectivity index is 2.03. The van der Waals surface area contributed by atoms with Crippen LogP contribution in [0.4, 0.5) is 0 Å². The molecule has 2 rings (SSSR count). The molecule has 0 bridgehead atoms. The molecule has 2 unspecified atom stereocenters. The lowest BCUT2D eigenvalue weighted by Gasteiger charge is -2.35. The standard InChI is InChI=1S/C14H21NO2/c1-3-12-4-5-13(15-10-12)9-14(16)6-7-17-11(2)8-14/h4-5,10-11,16H,3,6-9H2,1-2H3. The van der Waals surface area contributed by atoms with Crippen LogP contribution in [0, 0.1) is 0 Å². The van der Waals surface area contributed by atoms with E-state index < -0.39 is 5.60 Å². The van der Waals surface area contributed by atoms with Gasteiger partial charge in [-0.15, -0.1) is 0 Å². The molecule has 1 aromatic heterocycles. The number of hydrogen-bond acceptors (Lipinski definition) is 3. The highest BCUT2D eigenvalue weighted by Crippen LogP contribution is 2.27. The van der Waals surface area contributed by atoms with Crippen molar-refractivity contribution in [2.24, 2.45) is 0 Å². The fraction of sp³-hybridized carbons (Fsp3) is 0.643. The van der Waals surface area contributed by atoms with Gasteiger partial charge in [-0.25, -0.2) is 0 Å². The van der Waals surface area contributed by atoms with E-state index in [1.807, 2.05) is 19.2 Å². The molecule has 1 aliphatic rings. The summed E-state index contributed by atoms with van der Waals surface area (Å²) < 4.78 is 5.47. The van der Waals surface area contributed by atoms with Gasteiger partial charge in [0.15, 0.2) is 0 Å². The van der Waals surface area contributed by atoms with Crippen LogP contribution in [0.5, 0.6) is 0 Å². The van der Waals surface area contributed by atoms with Gasteiger partial charge in [-0.3, -0.25) is 4.98 Å². The predicted octanol–water partition coefficient (Wildman–Crippen LogP) is 2.12. The normalized spacial score (nSPS) is 29.2. The number of rotatable bonds is 3. The van der Waals surface area contributed by atoms with Crippen molar-refractivity contribution in [1.82, 2.24) is 4.98 Å². The number of ether oxygens (including phenoxy) is 1. The Labute approximate surface area is 103 Å². The zero-order valence-electron chi connectivity index (χ0n) is 10.6. The van der Waals surface area contributed by atoms with Crippen molar-refractivity contribution in [1.29, 1.82) is 0 Å². The average molecular weight is 235 g/mol. The first kappa shape index (κ1) is 12.5. The van der Waals surface area contributed by atoms with Crippen molar-refractivity contribution in [2.45, 2.75) is 51.2 Å². The first-order valence-electron chi connectivity index (χ1n) is 6.39. The molecule has 0 aliphatic carbocycles. The fourth-order valence-corrected chi connectivity index (χ4v) is 2.41. The quantitative estimate of drug-likeness (QED) is 0.872. The van der Waals surface area contributed by atoms with E-state index in [-0.39, 0.29) is 6.10 Å². The molecule has 3 heteroatoms. The van der Waals surface area contributed by atoms with Crippen LogP contribution >= 0.6 is 0 Å². The molecule has 0 saturated carbocycles. The van der Waals surface area contributed by atoms with Crippen molar-refractivity contribution in [3.05, 3.63) is 29.6 Å².